The van der Waals surface area contributed by atoms with Gasteiger partial charge in [0.25, 0.3) is 5.91 Å². The van der Waals surface area contributed by atoms with Crippen molar-refractivity contribution in [2.75, 3.05) is 13.1 Å². The third-order valence-corrected chi connectivity index (χ3v) is 4.91. The molecule has 5 heteroatoms. The Balaban J connectivity index is 2.11. The van der Waals surface area contributed by atoms with Gasteiger partial charge in [0.1, 0.15) is 0 Å². The summed E-state index contributed by atoms with van der Waals surface area (Å²) < 4.78 is 0. The summed E-state index contributed by atoms with van der Waals surface area (Å²) in [5.41, 5.74) is 7.26. The van der Waals surface area contributed by atoms with E-state index in [2.05, 4.69) is 6.92 Å². The van der Waals surface area contributed by atoms with Crippen molar-refractivity contribution in [3.8, 4) is 0 Å². The lowest BCUT2D eigenvalue weighted by molar-refractivity contribution is 0.0670. The monoisotopic (exact) mass is 310 g/mol. The number of rotatable bonds is 2. The molecule has 0 radical (unpaired) electrons. The van der Waals surface area contributed by atoms with Crippen LogP contribution in [0.25, 0.3) is 0 Å². The topological polar surface area (TPSA) is 46.3 Å². The summed E-state index contributed by atoms with van der Waals surface area (Å²) in [5.74, 6) is -0.0139. The van der Waals surface area contributed by atoms with Crippen LogP contribution in [0.15, 0.2) is 18.2 Å². The minimum Gasteiger partial charge on any atom is -0.393 e. The van der Waals surface area contributed by atoms with E-state index >= 15 is 0 Å². The minimum absolute atomic E-state index is 0.0139. The van der Waals surface area contributed by atoms with Gasteiger partial charge in [-0.05, 0) is 37.5 Å². The zero-order valence-corrected chi connectivity index (χ0v) is 13.4. The molecule has 0 bridgehead atoms. The molecule has 20 heavy (non-hydrogen) atoms. The Bertz CT molecular complexity index is 551. The predicted octanol–water partition coefficient (Wildman–Crippen LogP) is 3.18. The standard InChI is InChI=1S/C15H19ClN2OS/c1-10-3-4-11(12(16)9-10)13(19)18-7-5-15(2,6-8-18)14(17)20/h3-4,9H,5-8H2,1-2H3,(H2,17,20). The number of nitrogens with zero attached hydrogens (tertiary/aromatic N) is 1. The number of hydrogen-bond donors (Lipinski definition) is 1. The Morgan fingerprint density at radius 1 is 1.40 bits per heavy atom. The van der Waals surface area contributed by atoms with Crippen LogP contribution in [0.2, 0.25) is 5.02 Å². The highest BCUT2D eigenvalue weighted by Crippen LogP contribution is 2.32. The second-order valence-corrected chi connectivity index (χ2v) is 6.55. The summed E-state index contributed by atoms with van der Waals surface area (Å²) in [6.07, 6.45) is 1.61. The molecule has 1 aliphatic rings. The Hall–Kier alpha value is -1.13. The summed E-state index contributed by atoms with van der Waals surface area (Å²) >= 11 is 11.3. The number of likely N-dealkylation sites (tertiary alicyclic amines) is 1. The Morgan fingerprint density at radius 3 is 2.50 bits per heavy atom. The van der Waals surface area contributed by atoms with E-state index in [9.17, 15) is 4.79 Å². The van der Waals surface area contributed by atoms with E-state index in [4.69, 9.17) is 29.6 Å². The second kappa shape index (κ2) is 5.70. The molecule has 108 valence electrons. The first kappa shape index (κ1) is 15.3. The van der Waals surface area contributed by atoms with Crippen LogP contribution in [0.5, 0.6) is 0 Å². The van der Waals surface area contributed by atoms with Gasteiger partial charge in [-0.15, -0.1) is 0 Å². The van der Waals surface area contributed by atoms with Crippen molar-refractivity contribution in [3.05, 3.63) is 34.3 Å². The third-order valence-electron chi connectivity index (χ3n) is 4.10. The molecule has 0 unspecified atom stereocenters. The fraction of sp³-hybridized carbons (Fsp3) is 0.467. The molecule has 0 saturated carbocycles. The molecule has 2 N–H and O–H groups in total. The summed E-state index contributed by atoms with van der Waals surface area (Å²) in [7, 11) is 0. The van der Waals surface area contributed by atoms with Gasteiger partial charge in [-0.3, -0.25) is 4.79 Å². The fourth-order valence-corrected chi connectivity index (χ4v) is 2.93. The number of carbonyl (C=O) groups excluding carboxylic acids is 1. The zero-order valence-electron chi connectivity index (χ0n) is 11.8. The van der Waals surface area contributed by atoms with E-state index < -0.39 is 0 Å². The first-order valence-electron chi connectivity index (χ1n) is 6.69. The van der Waals surface area contributed by atoms with Crippen LogP contribution >= 0.6 is 23.8 Å². The first-order chi connectivity index (χ1) is 9.33. The second-order valence-electron chi connectivity index (χ2n) is 5.70. The molecular formula is C15H19ClN2OS. The van der Waals surface area contributed by atoms with E-state index in [1.807, 2.05) is 24.0 Å². The Kier molecular flexibility index (Phi) is 4.35. The van der Waals surface area contributed by atoms with Crippen LogP contribution in [-0.2, 0) is 0 Å². The number of halogens is 1. The lowest BCUT2D eigenvalue weighted by Gasteiger charge is -2.38. The van der Waals surface area contributed by atoms with Crippen molar-refractivity contribution < 1.29 is 4.79 Å². The van der Waals surface area contributed by atoms with Gasteiger partial charge in [0, 0.05) is 18.5 Å². The largest absolute Gasteiger partial charge is 0.393 e. The smallest absolute Gasteiger partial charge is 0.255 e. The number of carbonyl (C=O) groups is 1. The molecule has 0 aliphatic carbocycles. The van der Waals surface area contributed by atoms with Crippen molar-refractivity contribution >= 4 is 34.7 Å². The number of nitrogens with two attached hydrogens (primary N) is 1. The molecule has 1 heterocycles. The molecule has 1 saturated heterocycles. The summed E-state index contributed by atoms with van der Waals surface area (Å²) in [4.78, 5) is 14.9. The highest BCUT2D eigenvalue weighted by molar-refractivity contribution is 7.80. The predicted molar refractivity (Wildman–Crippen MR) is 86.2 cm³/mol. The van der Waals surface area contributed by atoms with Crippen LogP contribution in [0.3, 0.4) is 0 Å². The Morgan fingerprint density at radius 2 is 2.00 bits per heavy atom. The molecule has 1 aromatic carbocycles. The van der Waals surface area contributed by atoms with Gasteiger partial charge < -0.3 is 10.6 Å². The van der Waals surface area contributed by atoms with Crippen molar-refractivity contribution in [1.82, 2.24) is 4.90 Å². The number of amides is 1. The fourth-order valence-electron chi connectivity index (χ4n) is 2.41. The van der Waals surface area contributed by atoms with E-state index in [-0.39, 0.29) is 11.3 Å². The van der Waals surface area contributed by atoms with Gasteiger partial charge in [-0.25, -0.2) is 0 Å². The maximum absolute atomic E-state index is 12.5. The molecule has 1 aliphatic heterocycles. The third kappa shape index (κ3) is 2.96. The highest BCUT2D eigenvalue weighted by atomic mass is 35.5. The van der Waals surface area contributed by atoms with Gasteiger partial charge in [0.05, 0.1) is 15.6 Å². The van der Waals surface area contributed by atoms with Gasteiger partial charge in [0.15, 0.2) is 0 Å². The molecule has 0 aromatic heterocycles. The van der Waals surface area contributed by atoms with Gasteiger partial charge in [-0.2, -0.15) is 0 Å². The Labute approximate surface area is 130 Å². The van der Waals surface area contributed by atoms with Crippen molar-refractivity contribution in [3.63, 3.8) is 0 Å². The van der Waals surface area contributed by atoms with Gasteiger partial charge in [-0.1, -0.05) is 36.8 Å². The van der Waals surface area contributed by atoms with Crippen LogP contribution in [0, 0.1) is 12.3 Å². The minimum atomic E-state index is -0.136. The SMILES string of the molecule is Cc1ccc(C(=O)N2CCC(C)(C(N)=S)CC2)c(Cl)c1. The lowest BCUT2D eigenvalue weighted by Crippen LogP contribution is -2.46. The molecular weight excluding hydrogens is 292 g/mol. The van der Waals surface area contributed by atoms with Crippen molar-refractivity contribution in [2.45, 2.75) is 26.7 Å². The zero-order chi connectivity index (χ0) is 14.9. The van der Waals surface area contributed by atoms with E-state index in [0.29, 0.717) is 28.7 Å². The van der Waals surface area contributed by atoms with Crippen molar-refractivity contribution in [2.24, 2.45) is 11.1 Å². The molecule has 0 atom stereocenters. The quantitative estimate of drug-likeness (QED) is 0.853. The average Bonchev–Trinajstić information content (AvgIpc) is 2.38. The average molecular weight is 311 g/mol. The van der Waals surface area contributed by atoms with Crippen molar-refractivity contribution in [1.29, 1.82) is 0 Å². The number of thiocarbonyl (C=S) groups is 1. The molecule has 2 rings (SSSR count). The summed E-state index contributed by atoms with van der Waals surface area (Å²) in [6, 6.07) is 5.52. The first-order valence-corrected chi connectivity index (χ1v) is 7.47. The highest BCUT2D eigenvalue weighted by Gasteiger charge is 2.34. The lowest BCUT2D eigenvalue weighted by atomic mass is 9.80. The number of aryl methyl sites for hydroxylation is 1. The summed E-state index contributed by atoms with van der Waals surface area (Å²) in [6.45, 7) is 5.35. The number of piperidine rings is 1. The molecule has 3 nitrogen and oxygen atoms in total. The van der Waals surface area contributed by atoms with Crippen LogP contribution in [-0.4, -0.2) is 28.9 Å². The number of benzene rings is 1. The van der Waals surface area contributed by atoms with Gasteiger partial charge >= 0.3 is 0 Å². The molecule has 1 fully saturated rings. The molecule has 1 amide bonds. The summed E-state index contributed by atoms with van der Waals surface area (Å²) in [5, 5.41) is 0.512. The molecule has 1 aromatic rings. The van der Waals surface area contributed by atoms with Gasteiger partial charge in [0.2, 0.25) is 0 Å². The van der Waals surface area contributed by atoms with E-state index in [0.717, 1.165) is 18.4 Å². The van der Waals surface area contributed by atoms with Crippen LogP contribution in [0.4, 0.5) is 0 Å². The normalized spacial score (nSPS) is 17.9. The number of hydrogen-bond acceptors (Lipinski definition) is 2. The molecule has 0 spiro atoms. The van der Waals surface area contributed by atoms with Crippen LogP contribution in [0.1, 0.15) is 35.7 Å². The maximum Gasteiger partial charge on any atom is 0.255 e. The maximum atomic E-state index is 12.5. The van der Waals surface area contributed by atoms with E-state index in [1.54, 1.807) is 6.07 Å². The van der Waals surface area contributed by atoms with E-state index in [1.165, 1.54) is 0 Å². The van der Waals surface area contributed by atoms with Crippen LogP contribution < -0.4 is 5.73 Å².